The van der Waals surface area contributed by atoms with E-state index in [4.69, 9.17) is 4.74 Å². The van der Waals surface area contributed by atoms with E-state index in [2.05, 4.69) is 46.0 Å². The van der Waals surface area contributed by atoms with Crippen molar-refractivity contribution in [3.63, 3.8) is 0 Å². The molecule has 0 bridgehead atoms. The molecular weight excluding hydrogens is 413 g/mol. The van der Waals surface area contributed by atoms with Crippen molar-refractivity contribution in [2.45, 2.75) is 38.0 Å². The van der Waals surface area contributed by atoms with Crippen LogP contribution in [0.2, 0.25) is 0 Å². The molecule has 1 aliphatic rings. The molecule has 0 radical (unpaired) electrons. The fraction of sp³-hybridized carbons (Fsp3) is 0.632. The van der Waals surface area contributed by atoms with Crippen molar-refractivity contribution in [2.75, 3.05) is 33.9 Å². The zero-order valence-corrected chi connectivity index (χ0v) is 17.3. The van der Waals surface area contributed by atoms with Gasteiger partial charge in [0.25, 0.3) is 0 Å². The average Bonchev–Trinajstić information content (AvgIpc) is 2.62. The first kappa shape index (κ1) is 21.2. The van der Waals surface area contributed by atoms with Gasteiger partial charge in [0.1, 0.15) is 0 Å². The number of aliphatic imine (C=N–C) groups is 1. The fourth-order valence-corrected chi connectivity index (χ4v) is 3.31. The Morgan fingerprint density at radius 3 is 2.46 bits per heavy atom. The molecule has 0 aromatic heterocycles. The number of nitrogens with one attached hydrogen (secondary N) is 2. The zero-order chi connectivity index (χ0) is 16.3. The molecule has 0 saturated heterocycles. The van der Waals surface area contributed by atoms with E-state index < -0.39 is 0 Å². The number of hydrogen-bond acceptors (Lipinski definition) is 2. The number of guanidine groups is 1. The van der Waals surface area contributed by atoms with E-state index in [0.717, 1.165) is 43.9 Å². The Morgan fingerprint density at radius 2 is 1.83 bits per heavy atom. The number of nitrogens with zero attached hydrogens (tertiary/aromatic N) is 1. The molecule has 4 nitrogen and oxygen atoms in total. The Hall–Kier alpha value is -0.820. The van der Waals surface area contributed by atoms with E-state index in [0.29, 0.717) is 0 Å². The maximum Gasteiger partial charge on any atom is 0.190 e. The fourth-order valence-electron chi connectivity index (χ4n) is 3.31. The van der Waals surface area contributed by atoms with Crippen molar-refractivity contribution in [1.82, 2.24) is 10.6 Å². The predicted octanol–water partition coefficient (Wildman–Crippen LogP) is 3.78. The second kappa shape index (κ2) is 12.5. The summed E-state index contributed by atoms with van der Waals surface area (Å²) in [5.74, 6) is 2.41. The van der Waals surface area contributed by atoms with Crippen molar-refractivity contribution in [3.05, 3.63) is 35.9 Å². The SMILES string of the molecule is CN=C(NCCCOC)NCC1CCC(c2ccccc2)CC1.I. The second-order valence-electron chi connectivity index (χ2n) is 6.35. The minimum Gasteiger partial charge on any atom is -0.385 e. The van der Waals surface area contributed by atoms with Crippen LogP contribution in [0.15, 0.2) is 35.3 Å². The highest BCUT2D eigenvalue weighted by molar-refractivity contribution is 14.0. The third-order valence-corrected chi connectivity index (χ3v) is 4.72. The van der Waals surface area contributed by atoms with Crippen LogP contribution < -0.4 is 10.6 Å². The van der Waals surface area contributed by atoms with Crippen molar-refractivity contribution in [2.24, 2.45) is 10.9 Å². The normalized spacial score (nSPS) is 21.0. The van der Waals surface area contributed by atoms with Gasteiger partial charge in [0.2, 0.25) is 0 Å². The molecule has 0 unspecified atom stereocenters. The molecule has 1 aromatic rings. The second-order valence-corrected chi connectivity index (χ2v) is 6.35. The number of rotatable bonds is 7. The van der Waals surface area contributed by atoms with Crippen molar-refractivity contribution >= 4 is 29.9 Å². The van der Waals surface area contributed by atoms with Crippen molar-refractivity contribution < 1.29 is 4.74 Å². The minimum atomic E-state index is 0. The number of methoxy groups -OCH3 is 1. The van der Waals surface area contributed by atoms with Gasteiger partial charge in [-0.1, -0.05) is 30.3 Å². The lowest BCUT2D eigenvalue weighted by atomic mass is 9.79. The number of hydrogen-bond donors (Lipinski definition) is 2. The standard InChI is InChI=1S/C19H31N3O.HI/c1-20-19(21-13-6-14-23-2)22-15-16-9-11-18(12-10-16)17-7-4-3-5-8-17;/h3-5,7-8,16,18H,6,9-15H2,1-2H3,(H2,20,21,22);1H. The summed E-state index contributed by atoms with van der Waals surface area (Å²) in [5, 5.41) is 6.81. The highest BCUT2D eigenvalue weighted by Gasteiger charge is 2.22. The molecule has 24 heavy (non-hydrogen) atoms. The van der Waals surface area contributed by atoms with E-state index in [1.54, 1.807) is 7.11 Å². The van der Waals surface area contributed by atoms with Gasteiger partial charge >= 0.3 is 0 Å². The quantitative estimate of drug-likeness (QED) is 0.291. The zero-order valence-electron chi connectivity index (χ0n) is 15.0. The lowest BCUT2D eigenvalue weighted by molar-refractivity contribution is 0.195. The summed E-state index contributed by atoms with van der Waals surface area (Å²) in [5.41, 5.74) is 1.51. The highest BCUT2D eigenvalue weighted by Crippen LogP contribution is 2.35. The van der Waals surface area contributed by atoms with Gasteiger partial charge < -0.3 is 15.4 Å². The van der Waals surface area contributed by atoms with E-state index in [1.807, 2.05) is 7.05 Å². The molecule has 0 atom stereocenters. The average molecular weight is 445 g/mol. The summed E-state index contributed by atoms with van der Waals surface area (Å²) in [6.45, 7) is 2.70. The van der Waals surface area contributed by atoms with Crippen LogP contribution in [0.1, 0.15) is 43.6 Å². The topological polar surface area (TPSA) is 45.7 Å². The summed E-state index contributed by atoms with van der Waals surface area (Å²) in [6, 6.07) is 11.0. The van der Waals surface area contributed by atoms with Gasteiger partial charge in [-0.15, -0.1) is 24.0 Å². The molecular formula is C19H32IN3O. The first-order chi connectivity index (χ1) is 11.3. The van der Waals surface area contributed by atoms with Crippen LogP contribution in [0, 0.1) is 5.92 Å². The Bertz CT molecular complexity index is 459. The van der Waals surface area contributed by atoms with Crippen LogP contribution in [0.3, 0.4) is 0 Å². The third kappa shape index (κ3) is 7.38. The van der Waals surface area contributed by atoms with Gasteiger partial charge in [-0.05, 0) is 49.5 Å². The van der Waals surface area contributed by atoms with E-state index >= 15 is 0 Å². The lowest BCUT2D eigenvalue weighted by Gasteiger charge is -2.29. The van der Waals surface area contributed by atoms with E-state index in [-0.39, 0.29) is 24.0 Å². The maximum atomic E-state index is 5.06. The monoisotopic (exact) mass is 445 g/mol. The third-order valence-electron chi connectivity index (χ3n) is 4.72. The smallest absolute Gasteiger partial charge is 0.190 e. The molecule has 1 fully saturated rings. The first-order valence-electron chi connectivity index (χ1n) is 8.82. The minimum absolute atomic E-state index is 0. The van der Waals surface area contributed by atoms with E-state index in [1.165, 1.54) is 31.2 Å². The first-order valence-corrected chi connectivity index (χ1v) is 8.82. The van der Waals surface area contributed by atoms with Gasteiger partial charge in [0, 0.05) is 33.9 Å². The Morgan fingerprint density at radius 1 is 1.12 bits per heavy atom. The Kier molecular flexibility index (Phi) is 11.1. The predicted molar refractivity (Wildman–Crippen MR) is 112 cm³/mol. The van der Waals surface area contributed by atoms with Crippen molar-refractivity contribution in [1.29, 1.82) is 0 Å². The Labute approximate surface area is 163 Å². The number of ether oxygens (including phenoxy) is 1. The molecule has 1 aliphatic carbocycles. The molecule has 136 valence electrons. The molecule has 2 N–H and O–H groups in total. The van der Waals surface area contributed by atoms with Crippen LogP contribution in [0.4, 0.5) is 0 Å². The molecule has 1 aromatic carbocycles. The van der Waals surface area contributed by atoms with Crippen LogP contribution in [0.25, 0.3) is 0 Å². The lowest BCUT2D eigenvalue weighted by Crippen LogP contribution is -2.40. The Balaban J connectivity index is 0.00000288. The summed E-state index contributed by atoms with van der Waals surface area (Å²) in [7, 11) is 3.57. The summed E-state index contributed by atoms with van der Waals surface area (Å²) in [4.78, 5) is 4.29. The van der Waals surface area contributed by atoms with Gasteiger partial charge in [0.15, 0.2) is 5.96 Å². The van der Waals surface area contributed by atoms with Gasteiger partial charge in [-0.2, -0.15) is 0 Å². The largest absolute Gasteiger partial charge is 0.385 e. The highest BCUT2D eigenvalue weighted by atomic mass is 127. The number of halogens is 1. The van der Waals surface area contributed by atoms with Gasteiger partial charge in [-0.3, -0.25) is 4.99 Å². The molecule has 0 aliphatic heterocycles. The van der Waals surface area contributed by atoms with Crippen LogP contribution in [0.5, 0.6) is 0 Å². The molecule has 0 amide bonds. The maximum absolute atomic E-state index is 5.06. The molecule has 5 heteroatoms. The van der Waals surface area contributed by atoms with Crippen molar-refractivity contribution in [3.8, 4) is 0 Å². The molecule has 0 spiro atoms. The van der Waals surface area contributed by atoms with Crippen LogP contribution >= 0.6 is 24.0 Å². The molecule has 2 rings (SSSR count). The van der Waals surface area contributed by atoms with Crippen LogP contribution in [-0.4, -0.2) is 39.8 Å². The molecule has 0 heterocycles. The number of benzene rings is 1. The van der Waals surface area contributed by atoms with Gasteiger partial charge in [0.05, 0.1) is 0 Å². The van der Waals surface area contributed by atoms with Gasteiger partial charge in [-0.25, -0.2) is 0 Å². The summed E-state index contributed by atoms with van der Waals surface area (Å²) < 4.78 is 5.06. The van der Waals surface area contributed by atoms with E-state index in [9.17, 15) is 0 Å². The summed E-state index contributed by atoms with van der Waals surface area (Å²) in [6.07, 6.45) is 6.20. The molecule has 1 saturated carbocycles. The van der Waals surface area contributed by atoms with Crippen LogP contribution in [-0.2, 0) is 4.74 Å². The summed E-state index contributed by atoms with van der Waals surface area (Å²) >= 11 is 0.